The number of nitrogens with one attached hydrogen (secondary N) is 1. The van der Waals surface area contributed by atoms with E-state index in [4.69, 9.17) is 4.74 Å². The van der Waals surface area contributed by atoms with Crippen molar-refractivity contribution in [1.29, 1.82) is 0 Å². The third kappa shape index (κ3) is 3.10. The second kappa shape index (κ2) is 6.23. The molecule has 1 unspecified atom stereocenters. The molecule has 1 fully saturated rings. The second-order valence-corrected chi connectivity index (χ2v) is 4.56. The first-order valence-electron chi connectivity index (χ1n) is 6.23. The van der Waals surface area contributed by atoms with Crippen molar-refractivity contribution in [1.82, 2.24) is 10.2 Å². The van der Waals surface area contributed by atoms with Crippen molar-refractivity contribution in [2.75, 3.05) is 33.3 Å². The largest absolute Gasteiger partial charge is 0.373 e. The van der Waals surface area contributed by atoms with Crippen molar-refractivity contribution < 1.29 is 22.7 Å². The van der Waals surface area contributed by atoms with Gasteiger partial charge in [-0.05, 0) is 19.2 Å². The first kappa shape index (κ1) is 14.8. The highest BCUT2D eigenvalue weighted by molar-refractivity contribution is 5.94. The number of halogens is 3. The first-order chi connectivity index (χ1) is 9.52. The van der Waals surface area contributed by atoms with Crippen LogP contribution in [-0.2, 0) is 4.74 Å². The highest BCUT2D eigenvalue weighted by atomic mass is 19.2. The molecule has 1 aromatic rings. The molecule has 20 heavy (non-hydrogen) atoms. The van der Waals surface area contributed by atoms with Crippen LogP contribution in [0, 0.1) is 17.5 Å². The van der Waals surface area contributed by atoms with Crippen LogP contribution in [0.25, 0.3) is 0 Å². The summed E-state index contributed by atoms with van der Waals surface area (Å²) in [5.74, 6) is -4.84. The third-order valence-corrected chi connectivity index (χ3v) is 3.09. The summed E-state index contributed by atoms with van der Waals surface area (Å²) in [6, 6.07) is 1.42. The Bertz CT molecular complexity index is 485. The van der Waals surface area contributed by atoms with Gasteiger partial charge in [-0.25, -0.2) is 13.2 Å². The van der Waals surface area contributed by atoms with Crippen LogP contribution >= 0.6 is 0 Å². The Balaban J connectivity index is 2.14. The Hall–Kier alpha value is -1.60. The van der Waals surface area contributed by atoms with E-state index >= 15 is 0 Å². The van der Waals surface area contributed by atoms with Gasteiger partial charge in [-0.2, -0.15) is 0 Å². The van der Waals surface area contributed by atoms with Crippen molar-refractivity contribution in [2.24, 2.45) is 0 Å². The lowest BCUT2D eigenvalue weighted by Gasteiger charge is -2.33. The molecule has 1 aliphatic rings. The summed E-state index contributed by atoms with van der Waals surface area (Å²) in [5.41, 5.74) is -0.202. The normalized spacial score (nSPS) is 19.2. The predicted molar refractivity (Wildman–Crippen MR) is 65.9 cm³/mol. The van der Waals surface area contributed by atoms with E-state index in [-0.39, 0.29) is 11.7 Å². The molecule has 0 saturated carbocycles. The molecule has 0 bridgehead atoms. The fourth-order valence-corrected chi connectivity index (χ4v) is 2.12. The molecule has 2 rings (SSSR count). The molecule has 0 spiro atoms. The minimum Gasteiger partial charge on any atom is -0.373 e. The number of likely N-dealkylation sites (N-methyl/N-ethyl adjacent to an activating group) is 1. The zero-order chi connectivity index (χ0) is 14.7. The number of hydrogen-bond acceptors (Lipinski definition) is 3. The lowest BCUT2D eigenvalue weighted by atomic mass is 10.1. The lowest BCUT2D eigenvalue weighted by Crippen LogP contribution is -2.48. The van der Waals surface area contributed by atoms with Gasteiger partial charge in [0.1, 0.15) is 0 Å². The maximum atomic E-state index is 13.1. The number of benzene rings is 1. The topological polar surface area (TPSA) is 41.6 Å². The summed E-state index contributed by atoms with van der Waals surface area (Å²) in [6.45, 7) is 1.57. The van der Waals surface area contributed by atoms with Crippen LogP contribution < -0.4 is 5.32 Å². The molecule has 0 aromatic heterocycles. The van der Waals surface area contributed by atoms with Gasteiger partial charge in [0.2, 0.25) is 0 Å². The number of hydrogen-bond donors (Lipinski definition) is 1. The highest BCUT2D eigenvalue weighted by Gasteiger charge is 2.26. The standard InChI is InChI=1S/C13H15F3N2O2/c1-17-6-9-7-18(2-3-20-9)13(19)8-4-10(14)12(16)11(15)5-8/h4-5,9,17H,2-3,6-7H2,1H3. The number of amides is 1. The van der Waals surface area contributed by atoms with Crippen LogP contribution in [-0.4, -0.2) is 50.2 Å². The van der Waals surface area contributed by atoms with Crippen molar-refractivity contribution in [3.05, 3.63) is 35.1 Å². The Morgan fingerprint density at radius 2 is 2.05 bits per heavy atom. The monoisotopic (exact) mass is 288 g/mol. The second-order valence-electron chi connectivity index (χ2n) is 4.56. The summed E-state index contributed by atoms with van der Waals surface area (Å²) in [4.78, 5) is 13.6. The van der Waals surface area contributed by atoms with E-state index in [9.17, 15) is 18.0 Å². The van der Waals surface area contributed by atoms with Gasteiger partial charge in [0, 0.05) is 25.2 Å². The summed E-state index contributed by atoms with van der Waals surface area (Å²) in [6.07, 6.45) is -0.173. The minimum absolute atomic E-state index is 0.173. The quantitative estimate of drug-likeness (QED) is 0.849. The summed E-state index contributed by atoms with van der Waals surface area (Å²) >= 11 is 0. The molecule has 7 heteroatoms. The van der Waals surface area contributed by atoms with Gasteiger partial charge < -0.3 is 15.0 Å². The number of morpholine rings is 1. The van der Waals surface area contributed by atoms with E-state index in [0.717, 1.165) is 0 Å². The lowest BCUT2D eigenvalue weighted by molar-refractivity contribution is -0.0196. The molecule has 1 amide bonds. The number of carbonyl (C=O) groups excluding carboxylic acids is 1. The Kier molecular flexibility index (Phi) is 4.61. The van der Waals surface area contributed by atoms with Crippen molar-refractivity contribution in [3.63, 3.8) is 0 Å². The average Bonchev–Trinajstić information content (AvgIpc) is 2.44. The van der Waals surface area contributed by atoms with Crippen LogP contribution in [0.3, 0.4) is 0 Å². The van der Waals surface area contributed by atoms with Gasteiger partial charge in [-0.15, -0.1) is 0 Å². The molecule has 1 atom stereocenters. The van der Waals surface area contributed by atoms with E-state index in [0.29, 0.717) is 38.4 Å². The summed E-state index contributed by atoms with van der Waals surface area (Å²) in [7, 11) is 1.76. The molecule has 110 valence electrons. The number of nitrogens with zero attached hydrogens (tertiary/aromatic N) is 1. The Morgan fingerprint density at radius 1 is 1.40 bits per heavy atom. The van der Waals surface area contributed by atoms with Crippen LogP contribution in [0.2, 0.25) is 0 Å². The molecular weight excluding hydrogens is 273 g/mol. The zero-order valence-corrected chi connectivity index (χ0v) is 11.0. The molecule has 1 aliphatic heterocycles. The molecule has 4 nitrogen and oxygen atoms in total. The maximum absolute atomic E-state index is 13.1. The van der Waals surface area contributed by atoms with Gasteiger partial charge in [0.15, 0.2) is 17.5 Å². The number of rotatable bonds is 3. The molecule has 1 heterocycles. The molecule has 1 aromatic carbocycles. The molecule has 1 saturated heterocycles. The fraction of sp³-hybridized carbons (Fsp3) is 0.462. The van der Waals surface area contributed by atoms with Crippen molar-refractivity contribution in [2.45, 2.75) is 6.10 Å². The third-order valence-electron chi connectivity index (χ3n) is 3.09. The SMILES string of the molecule is CNCC1CN(C(=O)c2cc(F)c(F)c(F)c2)CCO1. The fourth-order valence-electron chi connectivity index (χ4n) is 2.12. The van der Waals surface area contributed by atoms with Crippen LogP contribution in [0.15, 0.2) is 12.1 Å². The van der Waals surface area contributed by atoms with Gasteiger partial charge >= 0.3 is 0 Å². The maximum Gasteiger partial charge on any atom is 0.254 e. The van der Waals surface area contributed by atoms with E-state index in [1.807, 2.05) is 0 Å². The van der Waals surface area contributed by atoms with Gasteiger partial charge in [-0.3, -0.25) is 4.79 Å². The Morgan fingerprint density at radius 3 is 2.65 bits per heavy atom. The summed E-state index contributed by atoms with van der Waals surface area (Å²) < 4.78 is 44.6. The predicted octanol–water partition coefficient (Wildman–Crippen LogP) is 1.16. The van der Waals surface area contributed by atoms with Crippen molar-refractivity contribution in [3.8, 4) is 0 Å². The molecule has 0 aliphatic carbocycles. The number of ether oxygens (including phenoxy) is 1. The first-order valence-corrected chi connectivity index (χ1v) is 6.23. The van der Waals surface area contributed by atoms with E-state index < -0.39 is 23.4 Å². The van der Waals surface area contributed by atoms with Gasteiger partial charge in [-0.1, -0.05) is 0 Å². The molecular formula is C13H15F3N2O2. The van der Waals surface area contributed by atoms with Crippen molar-refractivity contribution >= 4 is 5.91 Å². The molecule has 0 radical (unpaired) electrons. The van der Waals surface area contributed by atoms with E-state index in [2.05, 4.69) is 5.32 Å². The highest BCUT2D eigenvalue weighted by Crippen LogP contribution is 2.16. The van der Waals surface area contributed by atoms with E-state index in [1.54, 1.807) is 7.05 Å². The smallest absolute Gasteiger partial charge is 0.254 e. The number of carbonyl (C=O) groups is 1. The van der Waals surface area contributed by atoms with Gasteiger partial charge in [0.05, 0.1) is 12.7 Å². The Labute approximate surface area is 114 Å². The summed E-state index contributed by atoms with van der Waals surface area (Å²) in [5, 5.41) is 2.93. The van der Waals surface area contributed by atoms with Crippen LogP contribution in [0.4, 0.5) is 13.2 Å². The minimum atomic E-state index is -1.57. The average molecular weight is 288 g/mol. The molecule has 1 N–H and O–H groups in total. The van der Waals surface area contributed by atoms with E-state index in [1.165, 1.54) is 4.90 Å². The zero-order valence-electron chi connectivity index (χ0n) is 11.0. The van der Waals surface area contributed by atoms with Crippen LogP contribution in [0.5, 0.6) is 0 Å². The van der Waals surface area contributed by atoms with Gasteiger partial charge in [0.25, 0.3) is 5.91 Å². The van der Waals surface area contributed by atoms with Crippen LogP contribution in [0.1, 0.15) is 10.4 Å².